The van der Waals surface area contributed by atoms with Gasteiger partial charge in [-0.3, -0.25) is 4.90 Å². The van der Waals surface area contributed by atoms with E-state index in [4.69, 9.17) is 4.74 Å². The van der Waals surface area contributed by atoms with Crippen molar-refractivity contribution in [1.82, 2.24) is 14.9 Å². The lowest BCUT2D eigenvalue weighted by molar-refractivity contribution is 0.180. The summed E-state index contributed by atoms with van der Waals surface area (Å²) in [4.78, 5) is 10.00. The maximum Gasteiger partial charge on any atom is 0.213 e. The number of hydrogen-bond donors (Lipinski definition) is 0. The zero-order chi connectivity index (χ0) is 17.2. The first-order valence-corrected chi connectivity index (χ1v) is 9.46. The molecule has 7 heteroatoms. The van der Waals surface area contributed by atoms with Gasteiger partial charge in [0.1, 0.15) is 6.61 Å². The van der Waals surface area contributed by atoms with E-state index in [0.717, 1.165) is 22.1 Å². The van der Waals surface area contributed by atoms with E-state index in [1.165, 1.54) is 44.6 Å². The summed E-state index contributed by atoms with van der Waals surface area (Å²) >= 11 is 6.47. The summed E-state index contributed by atoms with van der Waals surface area (Å²) in [6, 6.07) is 6.73. The summed E-state index contributed by atoms with van der Waals surface area (Å²) in [5.74, 6) is 0.258. The first-order chi connectivity index (χ1) is 11.6. The monoisotopic (exact) mass is 459 g/mol. The van der Waals surface area contributed by atoms with Crippen molar-refractivity contribution in [3.63, 3.8) is 0 Å². The molecule has 1 aliphatic heterocycles. The zero-order valence-corrected chi connectivity index (χ0v) is 16.5. The first kappa shape index (κ1) is 19.3. The van der Waals surface area contributed by atoms with Crippen molar-refractivity contribution in [2.75, 3.05) is 26.2 Å². The molecule has 1 aliphatic rings. The van der Waals surface area contributed by atoms with Crippen molar-refractivity contribution < 1.29 is 9.13 Å². The van der Waals surface area contributed by atoms with E-state index in [1.807, 2.05) is 12.1 Å². The van der Waals surface area contributed by atoms with Crippen LogP contribution in [0.5, 0.6) is 5.88 Å². The Bertz CT molecular complexity index is 569. The lowest BCUT2D eigenvalue weighted by atomic mass is 10.1. The Morgan fingerprint density at radius 3 is 2.17 bits per heavy atom. The molecule has 0 aromatic carbocycles. The molecule has 0 saturated carbocycles. The van der Waals surface area contributed by atoms with Crippen LogP contribution < -0.4 is 4.74 Å². The summed E-state index contributed by atoms with van der Waals surface area (Å²) in [5, 5.41) is 0. The van der Waals surface area contributed by atoms with Crippen molar-refractivity contribution in [2.24, 2.45) is 0 Å². The van der Waals surface area contributed by atoms with E-state index < -0.39 is 5.95 Å². The predicted molar refractivity (Wildman–Crippen MR) is 99.6 cm³/mol. The molecule has 4 nitrogen and oxygen atoms in total. The Kier molecular flexibility index (Phi) is 8.63. The van der Waals surface area contributed by atoms with Crippen LogP contribution in [0, 0.1) is 5.95 Å². The van der Waals surface area contributed by atoms with E-state index in [-0.39, 0.29) is 0 Å². The van der Waals surface area contributed by atoms with Crippen LogP contribution in [0.1, 0.15) is 19.3 Å². The Hall–Kier alpha value is -1.05. The second-order valence-electron chi connectivity index (χ2n) is 5.36. The van der Waals surface area contributed by atoms with Crippen LogP contribution in [-0.4, -0.2) is 41.1 Å². The lowest BCUT2D eigenvalue weighted by Gasteiger charge is -2.25. The molecule has 2 aromatic heterocycles. The van der Waals surface area contributed by atoms with Crippen LogP contribution in [0.25, 0.3) is 0 Å². The van der Waals surface area contributed by atoms with Gasteiger partial charge in [-0.2, -0.15) is 4.39 Å². The molecule has 2 aromatic rings. The molecule has 0 spiro atoms. The number of nitrogens with zero attached hydrogens (tertiary/aromatic N) is 3. The second-order valence-corrected chi connectivity index (χ2v) is 7.20. The smallest absolute Gasteiger partial charge is 0.213 e. The topological polar surface area (TPSA) is 38.2 Å². The molecule has 0 radical (unpaired) electrons. The number of likely N-dealkylation sites (tertiary alicyclic amines) is 1. The highest BCUT2D eigenvalue weighted by molar-refractivity contribution is 9.10. The van der Waals surface area contributed by atoms with Gasteiger partial charge in [0.2, 0.25) is 11.8 Å². The van der Waals surface area contributed by atoms with Crippen molar-refractivity contribution in [2.45, 2.75) is 19.3 Å². The Morgan fingerprint density at radius 2 is 1.62 bits per heavy atom. The molecule has 24 heavy (non-hydrogen) atoms. The molecular weight excluding hydrogens is 441 g/mol. The summed E-state index contributed by atoms with van der Waals surface area (Å²) in [5.41, 5.74) is 0. The third-order valence-corrected chi connectivity index (χ3v) is 4.44. The normalized spacial score (nSPS) is 14.6. The standard InChI is InChI=1S/C12H17BrN2O.C5H3BrFN/c13-11-4-5-12(14-10-11)16-9-8-15-6-2-1-3-7-15;6-4-1-2-5(7)8-3-4/h4-5,10H,1-3,6-9H2;1-3H. The molecule has 0 aliphatic carbocycles. The fraction of sp³-hybridized carbons (Fsp3) is 0.412. The average Bonchev–Trinajstić information content (AvgIpc) is 2.61. The molecule has 1 fully saturated rings. The maximum atomic E-state index is 12.0. The van der Waals surface area contributed by atoms with E-state index in [1.54, 1.807) is 12.3 Å². The molecular formula is C17H20Br2FN3O. The van der Waals surface area contributed by atoms with E-state index in [2.05, 4.69) is 46.7 Å². The molecule has 3 heterocycles. The van der Waals surface area contributed by atoms with E-state index in [0.29, 0.717) is 5.88 Å². The van der Waals surface area contributed by atoms with Gasteiger partial charge in [0.25, 0.3) is 0 Å². The van der Waals surface area contributed by atoms with Crippen molar-refractivity contribution >= 4 is 31.9 Å². The minimum atomic E-state index is -0.451. The van der Waals surface area contributed by atoms with Gasteiger partial charge in [0, 0.05) is 34.0 Å². The molecule has 0 unspecified atom stereocenters. The third kappa shape index (κ3) is 7.68. The van der Waals surface area contributed by atoms with Crippen molar-refractivity contribution in [3.8, 4) is 5.88 Å². The summed E-state index contributed by atoms with van der Waals surface area (Å²) in [7, 11) is 0. The van der Waals surface area contributed by atoms with Gasteiger partial charge in [-0.05, 0) is 76.0 Å². The van der Waals surface area contributed by atoms with Crippen LogP contribution in [0.4, 0.5) is 4.39 Å². The van der Waals surface area contributed by atoms with Gasteiger partial charge in [0.05, 0.1) is 0 Å². The Balaban J connectivity index is 0.000000219. The highest BCUT2D eigenvalue weighted by atomic mass is 79.9. The quantitative estimate of drug-likeness (QED) is 0.620. The molecule has 130 valence electrons. The summed E-state index contributed by atoms with van der Waals surface area (Å²) in [6.45, 7) is 4.18. The van der Waals surface area contributed by atoms with Gasteiger partial charge in [-0.15, -0.1) is 0 Å². The number of hydrogen-bond acceptors (Lipinski definition) is 4. The fourth-order valence-electron chi connectivity index (χ4n) is 2.27. The summed E-state index contributed by atoms with van der Waals surface area (Å²) < 4.78 is 19.3. The van der Waals surface area contributed by atoms with Gasteiger partial charge < -0.3 is 4.74 Å². The third-order valence-electron chi connectivity index (χ3n) is 3.50. The van der Waals surface area contributed by atoms with E-state index >= 15 is 0 Å². The van der Waals surface area contributed by atoms with Crippen molar-refractivity contribution in [1.29, 1.82) is 0 Å². The highest BCUT2D eigenvalue weighted by Crippen LogP contribution is 2.13. The molecule has 0 atom stereocenters. The zero-order valence-electron chi connectivity index (χ0n) is 13.3. The first-order valence-electron chi connectivity index (χ1n) is 7.87. The van der Waals surface area contributed by atoms with Crippen LogP contribution in [-0.2, 0) is 0 Å². The van der Waals surface area contributed by atoms with Crippen LogP contribution in [0.3, 0.4) is 0 Å². The fourth-order valence-corrected chi connectivity index (χ4v) is 2.74. The van der Waals surface area contributed by atoms with Gasteiger partial charge in [0.15, 0.2) is 0 Å². The van der Waals surface area contributed by atoms with Crippen LogP contribution >= 0.6 is 31.9 Å². The van der Waals surface area contributed by atoms with Crippen LogP contribution in [0.15, 0.2) is 45.6 Å². The number of rotatable bonds is 4. The predicted octanol–water partition coefficient (Wildman–Crippen LogP) is 4.69. The number of halogens is 3. The minimum Gasteiger partial charge on any atom is -0.476 e. The number of aromatic nitrogens is 2. The summed E-state index contributed by atoms with van der Waals surface area (Å²) in [6.07, 6.45) is 7.21. The second kappa shape index (κ2) is 10.7. The maximum absolute atomic E-state index is 12.0. The van der Waals surface area contributed by atoms with Gasteiger partial charge in [-0.1, -0.05) is 6.42 Å². The lowest BCUT2D eigenvalue weighted by Crippen LogP contribution is -2.33. The Morgan fingerprint density at radius 1 is 0.958 bits per heavy atom. The number of ether oxygens (including phenoxy) is 1. The largest absolute Gasteiger partial charge is 0.476 e. The molecule has 0 N–H and O–H groups in total. The van der Waals surface area contributed by atoms with Crippen molar-refractivity contribution in [3.05, 3.63) is 51.6 Å². The molecule has 3 rings (SSSR count). The van der Waals surface area contributed by atoms with Gasteiger partial charge in [-0.25, -0.2) is 9.97 Å². The minimum absolute atomic E-state index is 0.451. The molecule has 0 bridgehead atoms. The number of pyridine rings is 2. The number of piperidine rings is 1. The highest BCUT2D eigenvalue weighted by Gasteiger charge is 2.09. The molecule has 0 amide bonds. The van der Waals surface area contributed by atoms with Crippen LogP contribution in [0.2, 0.25) is 0 Å². The van der Waals surface area contributed by atoms with Gasteiger partial charge >= 0.3 is 0 Å². The Labute approximate surface area is 158 Å². The van der Waals surface area contributed by atoms with E-state index in [9.17, 15) is 4.39 Å². The molecule has 1 saturated heterocycles. The SMILES string of the molecule is Brc1ccc(OCCN2CCCCC2)nc1.Fc1ccc(Br)cn1. The average molecular weight is 461 g/mol.